The van der Waals surface area contributed by atoms with Crippen molar-refractivity contribution in [3.05, 3.63) is 0 Å². The van der Waals surface area contributed by atoms with Crippen LogP contribution in [0.5, 0.6) is 0 Å². The third kappa shape index (κ3) is 1.37. The normalized spacial score (nSPS) is 53.2. The van der Waals surface area contributed by atoms with Gasteiger partial charge >= 0.3 is 0 Å². The van der Waals surface area contributed by atoms with Gasteiger partial charge in [0.1, 0.15) is 6.10 Å². The number of aliphatic hydroxyl groups is 2. The van der Waals surface area contributed by atoms with Gasteiger partial charge in [-0.1, -0.05) is 0 Å². The standard InChI is InChI=1S/C12H18O5/c1-10(2,14)8-5-6-4-7(13)11(3)9(17-11)12(6,15)16-8/h6,8-9,14-15H,4-5H2,1-3H3. The summed E-state index contributed by atoms with van der Waals surface area (Å²) >= 11 is 0. The molecule has 5 atom stereocenters. The largest absolute Gasteiger partial charge is 0.388 e. The summed E-state index contributed by atoms with van der Waals surface area (Å²) in [5, 5.41) is 20.5. The molecule has 0 amide bonds. The van der Waals surface area contributed by atoms with Gasteiger partial charge in [0.2, 0.25) is 0 Å². The fourth-order valence-electron chi connectivity index (χ4n) is 3.07. The minimum Gasteiger partial charge on any atom is -0.388 e. The van der Waals surface area contributed by atoms with Gasteiger partial charge in [-0.3, -0.25) is 4.79 Å². The third-order valence-electron chi connectivity index (χ3n) is 4.37. The lowest BCUT2D eigenvalue weighted by Gasteiger charge is -2.32. The first-order valence-electron chi connectivity index (χ1n) is 6.01. The molecule has 1 aliphatic carbocycles. The molecule has 3 fully saturated rings. The number of Topliss-reactive ketones (excluding diaryl/α,β-unsaturated/α-hetero) is 1. The number of rotatable bonds is 1. The Morgan fingerprint density at radius 3 is 2.65 bits per heavy atom. The fourth-order valence-corrected chi connectivity index (χ4v) is 3.07. The summed E-state index contributed by atoms with van der Waals surface area (Å²) in [6.07, 6.45) is -0.289. The zero-order valence-electron chi connectivity index (χ0n) is 10.3. The molecule has 1 saturated carbocycles. The molecule has 5 heteroatoms. The molecule has 5 unspecified atom stereocenters. The Kier molecular flexibility index (Phi) is 1.98. The molecule has 2 heterocycles. The lowest BCUT2D eigenvalue weighted by atomic mass is 9.76. The highest BCUT2D eigenvalue weighted by molar-refractivity contribution is 5.92. The van der Waals surface area contributed by atoms with E-state index in [0.29, 0.717) is 6.42 Å². The van der Waals surface area contributed by atoms with Crippen LogP contribution in [0.3, 0.4) is 0 Å². The predicted molar refractivity (Wildman–Crippen MR) is 57.1 cm³/mol. The second-order valence-electron chi connectivity index (χ2n) is 6.18. The quantitative estimate of drug-likeness (QED) is 0.632. The van der Waals surface area contributed by atoms with Crippen LogP contribution in [-0.4, -0.2) is 45.2 Å². The highest BCUT2D eigenvalue weighted by Gasteiger charge is 2.76. The maximum atomic E-state index is 11.8. The molecule has 5 nitrogen and oxygen atoms in total. The first-order valence-corrected chi connectivity index (χ1v) is 6.01. The van der Waals surface area contributed by atoms with Crippen LogP contribution in [0.2, 0.25) is 0 Å². The van der Waals surface area contributed by atoms with Crippen LogP contribution in [0, 0.1) is 5.92 Å². The van der Waals surface area contributed by atoms with Crippen molar-refractivity contribution in [2.75, 3.05) is 0 Å². The fraction of sp³-hybridized carbons (Fsp3) is 0.917. The molecule has 2 saturated heterocycles. The van der Waals surface area contributed by atoms with Gasteiger partial charge in [-0.25, -0.2) is 0 Å². The number of carbonyl (C=O) groups excluding carboxylic acids is 1. The van der Waals surface area contributed by atoms with Crippen LogP contribution in [0.1, 0.15) is 33.6 Å². The highest BCUT2D eigenvalue weighted by Crippen LogP contribution is 2.57. The Labute approximate surface area is 99.7 Å². The summed E-state index contributed by atoms with van der Waals surface area (Å²) in [4.78, 5) is 11.8. The molecule has 3 aliphatic rings. The van der Waals surface area contributed by atoms with E-state index in [0.717, 1.165) is 0 Å². The Morgan fingerprint density at radius 1 is 1.41 bits per heavy atom. The minimum atomic E-state index is -1.41. The zero-order chi connectivity index (χ0) is 12.6. The maximum absolute atomic E-state index is 11.8. The van der Waals surface area contributed by atoms with E-state index >= 15 is 0 Å². The summed E-state index contributed by atoms with van der Waals surface area (Å²) in [7, 11) is 0. The number of carbonyl (C=O) groups is 1. The van der Waals surface area contributed by atoms with Crippen molar-refractivity contribution < 1.29 is 24.5 Å². The topological polar surface area (TPSA) is 79.3 Å². The van der Waals surface area contributed by atoms with Crippen molar-refractivity contribution >= 4 is 5.78 Å². The van der Waals surface area contributed by atoms with E-state index in [1.165, 1.54) is 0 Å². The first kappa shape index (κ1) is 11.6. The van der Waals surface area contributed by atoms with Gasteiger partial charge in [-0.05, 0) is 27.2 Å². The van der Waals surface area contributed by atoms with Crippen molar-refractivity contribution in [3.63, 3.8) is 0 Å². The number of hydrogen-bond acceptors (Lipinski definition) is 5. The molecule has 0 aromatic rings. The smallest absolute Gasteiger partial charge is 0.199 e. The first-order chi connectivity index (χ1) is 7.68. The maximum Gasteiger partial charge on any atom is 0.199 e. The molecular weight excluding hydrogens is 224 g/mol. The number of fused-ring (bicyclic) bond motifs is 3. The molecule has 0 radical (unpaired) electrons. The third-order valence-corrected chi connectivity index (χ3v) is 4.37. The van der Waals surface area contributed by atoms with Crippen molar-refractivity contribution in [1.82, 2.24) is 0 Å². The Morgan fingerprint density at radius 2 is 2.06 bits per heavy atom. The Bertz CT molecular complexity index is 387. The van der Waals surface area contributed by atoms with E-state index in [1.807, 2.05) is 0 Å². The number of hydrogen-bond donors (Lipinski definition) is 2. The molecule has 3 rings (SSSR count). The van der Waals surface area contributed by atoms with Crippen molar-refractivity contribution in [2.45, 2.75) is 62.8 Å². The predicted octanol–water partition coefficient (Wildman–Crippen LogP) is -0.0187. The zero-order valence-corrected chi connectivity index (χ0v) is 10.3. The van der Waals surface area contributed by atoms with Crippen molar-refractivity contribution in [1.29, 1.82) is 0 Å². The lowest BCUT2D eigenvalue weighted by molar-refractivity contribution is -0.246. The lowest BCUT2D eigenvalue weighted by Crippen LogP contribution is -2.51. The minimum absolute atomic E-state index is 0.0252. The average molecular weight is 242 g/mol. The van der Waals surface area contributed by atoms with Gasteiger partial charge in [-0.15, -0.1) is 0 Å². The van der Waals surface area contributed by atoms with E-state index in [2.05, 4.69) is 0 Å². The molecule has 96 valence electrons. The molecule has 17 heavy (non-hydrogen) atoms. The second-order valence-corrected chi connectivity index (χ2v) is 6.18. The summed E-state index contributed by atoms with van der Waals surface area (Å²) in [5.41, 5.74) is -1.90. The van der Waals surface area contributed by atoms with Crippen molar-refractivity contribution in [2.24, 2.45) is 5.92 Å². The van der Waals surface area contributed by atoms with Gasteiger partial charge in [0.05, 0.1) is 11.7 Å². The summed E-state index contributed by atoms with van der Waals surface area (Å²) in [5.74, 6) is -1.66. The summed E-state index contributed by atoms with van der Waals surface area (Å²) < 4.78 is 11.0. The van der Waals surface area contributed by atoms with E-state index in [1.54, 1.807) is 20.8 Å². The van der Waals surface area contributed by atoms with Gasteiger partial charge in [0.25, 0.3) is 0 Å². The monoisotopic (exact) mass is 242 g/mol. The van der Waals surface area contributed by atoms with E-state index in [9.17, 15) is 15.0 Å². The van der Waals surface area contributed by atoms with Gasteiger partial charge < -0.3 is 19.7 Å². The van der Waals surface area contributed by atoms with Crippen LogP contribution in [0.25, 0.3) is 0 Å². The van der Waals surface area contributed by atoms with Gasteiger partial charge in [0.15, 0.2) is 17.2 Å². The van der Waals surface area contributed by atoms with Crippen molar-refractivity contribution in [3.8, 4) is 0 Å². The number of epoxide rings is 1. The molecular formula is C12H18O5. The highest BCUT2D eigenvalue weighted by atomic mass is 16.7. The average Bonchev–Trinajstić information content (AvgIpc) is 2.77. The SMILES string of the molecule is CC(C)(O)C1CC2CC(=O)C3(C)OC3C2(O)O1. The molecule has 2 aliphatic heterocycles. The summed E-state index contributed by atoms with van der Waals surface area (Å²) in [6, 6.07) is 0. The molecule has 2 N–H and O–H groups in total. The van der Waals surface area contributed by atoms with Crippen LogP contribution in [0.15, 0.2) is 0 Å². The van der Waals surface area contributed by atoms with Gasteiger partial charge in [-0.2, -0.15) is 0 Å². The molecule has 0 aromatic heterocycles. The Hall–Kier alpha value is -0.490. The van der Waals surface area contributed by atoms with Crippen LogP contribution < -0.4 is 0 Å². The van der Waals surface area contributed by atoms with Crippen LogP contribution in [-0.2, 0) is 14.3 Å². The summed E-state index contributed by atoms with van der Waals surface area (Å²) in [6.45, 7) is 4.98. The number of ether oxygens (including phenoxy) is 2. The number of ketones is 1. The van der Waals surface area contributed by atoms with Crippen LogP contribution in [0.4, 0.5) is 0 Å². The molecule has 0 bridgehead atoms. The van der Waals surface area contributed by atoms with Crippen LogP contribution >= 0.6 is 0 Å². The van der Waals surface area contributed by atoms with E-state index in [4.69, 9.17) is 9.47 Å². The van der Waals surface area contributed by atoms with E-state index in [-0.39, 0.29) is 18.1 Å². The molecule has 0 aromatic carbocycles. The molecule has 0 spiro atoms. The second kappa shape index (κ2) is 2.91. The Balaban J connectivity index is 1.89. The van der Waals surface area contributed by atoms with E-state index < -0.39 is 29.2 Å². The van der Waals surface area contributed by atoms with Gasteiger partial charge in [0, 0.05) is 12.3 Å².